The van der Waals surface area contributed by atoms with Gasteiger partial charge in [-0.2, -0.15) is 0 Å². The van der Waals surface area contributed by atoms with E-state index < -0.39 is 0 Å². The molecule has 0 aliphatic heterocycles. The summed E-state index contributed by atoms with van der Waals surface area (Å²) in [5.74, 6) is 1.75. The molecule has 0 bridgehead atoms. The Morgan fingerprint density at radius 2 is 2.04 bits per heavy atom. The molecule has 1 amide bonds. The first-order valence-electron chi connectivity index (χ1n) is 8.61. The third-order valence-corrected chi connectivity index (χ3v) is 4.08. The number of hydrogen-bond donors (Lipinski definition) is 2. The van der Waals surface area contributed by atoms with Gasteiger partial charge in [-0.05, 0) is 49.9 Å². The van der Waals surface area contributed by atoms with Gasteiger partial charge in [0.25, 0.3) is 5.56 Å². The van der Waals surface area contributed by atoms with E-state index in [4.69, 9.17) is 4.74 Å². The minimum absolute atomic E-state index is 0.0521. The predicted octanol–water partition coefficient (Wildman–Crippen LogP) is 1.69. The molecule has 7 nitrogen and oxygen atoms in total. The second kappa shape index (κ2) is 7.92. The van der Waals surface area contributed by atoms with Gasteiger partial charge in [0.1, 0.15) is 11.4 Å². The smallest absolute Gasteiger partial charge is 0.273 e. The van der Waals surface area contributed by atoms with Crippen molar-refractivity contribution in [3.05, 3.63) is 40.3 Å². The number of H-pyrrole nitrogens is 1. The Morgan fingerprint density at radius 3 is 2.68 bits per heavy atom. The number of amides is 1. The number of nitrogens with zero attached hydrogens (tertiary/aromatic N) is 2. The highest BCUT2D eigenvalue weighted by Crippen LogP contribution is 2.27. The van der Waals surface area contributed by atoms with Crippen molar-refractivity contribution >= 4 is 5.91 Å². The lowest BCUT2D eigenvalue weighted by Gasteiger charge is -2.05. The standard InChI is InChI=1S/C18H22N4O3/c1-2-25-14-7-5-13(6-8-14)17-20-18(24)15(21-22-17)9-10-16(23)19-11-12-3-4-12/h5-8,12H,2-4,9-11H2,1H3,(H,19,23)(H,20,22,24). The number of carbonyl (C=O) groups excluding carboxylic acids is 1. The molecule has 1 aromatic carbocycles. The summed E-state index contributed by atoms with van der Waals surface area (Å²) in [4.78, 5) is 26.6. The topological polar surface area (TPSA) is 97.0 Å². The fraction of sp³-hybridized carbons (Fsp3) is 0.444. The Kier molecular flexibility index (Phi) is 5.42. The quantitative estimate of drug-likeness (QED) is 0.761. The summed E-state index contributed by atoms with van der Waals surface area (Å²) in [6.45, 7) is 3.25. The van der Waals surface area contributed by atoms with Gasteiger partial charge in [0.15, 0.2) is 5.82 Å². The van der Waals surface area contributed by atoms with Crippen molar-refractivity contribution in [2.45, 2.75) is 32.6 Å². The molecule has 1 fully saturated rings. The van der Waals surface area contributed by atoms with E-state index in [0.29, 0.717) is 18.3 Å². The van der Waals surface area contributed by atoms with E-state index in [-0.39, 0.29) is 30.0 Å². The molecule has 0 saturated heterocycles. The van der Waals surface area contributed by atoms with E-state index in [9.17, 15) is 9.59 Å². The number of aromatic amines is 1. The number of carbonyl (C=O) groups is 1. The van der Waals surface area contributed by atoms with E-state index >= 15 is 0 Å². The van der Waals surface area contributed by atoms with Crippen LogP contribution in [-0.4, -0.2) is 34.2 Å². The summed E-state index contributed by atoms with van der Waals surface area (Å²) in [5.41, 5.74) is 0.715. The molecule has 0 unspecified atom stereocenters. The lowest BCUT2D eigenvalue weighted by molar-refractivity contribution is -0.121. The normalized spacial score (nSPS) is 13.5. The van der Waals surface area contributed by atoms with Gasteiger partial charge in [0.2, 0.25) is 5.91 Å². The van der Waals surface area contributed by atoms with Crippen LogP contribution in [0.1, 0.15) is 31.9 Å². The SMILES string of the molecule is CCOc1ccc(-c2nnc(CCC(=O)NCC3CC3)c(=O)[nH]2)cc1. The van der Waals surface area contributed by atoms with E-state index in [0.717, 1.165) is 17.9 Å². The third kappa shape index (κ3) is 4.89. The average Bonchev–Trinajstić information content (AvgIpc) is 3.44. The fourth-order valence-electron chi connectivity index (χ4n) is 2.43. The minimum Gasteiger partial charge on any atom is -0.494 e. The van der Waals surface area contributed by atoms with Gasteiger partial charge in [-0.25, -0.2) is 0 Å². The van der Waals surface area contributed by atoms with Gasteiger partial charge in [-0.15, -0.1) is 10.2 Å². The first kappa shape index (κ1) is 17.1. The lowest BCUT2D eigenvalue weighted by atomic mass is 10.2. The van der Waals surface area contributed by atoms with Crippen molar-refractivity contribution in [3.8, 4) is 17.1 Å². The van der Waals surface area contributed by atoms with Crippen molar-refractivity contribution in [1.82, 2.24) is 20.5 Å². The van der Waals surface area contributed by atoms with Crippen LogP contribution in [-0.2, 0) is 11.2 Å². The number of aryl methyl sites for hydroxylation is 1. The Balaban J connectivity index is 1.59. The molecular weight excluding hydrogens is 320 g/mol. The second-order valence-corrected chi connectivity index (χ2v) is 6.15. The van der Waals surface area contributed by atoms with Crippen molar-refractivity contribution in [2.75, 3.05) is 13.2 Å². The molecule has 2 aromatic rings. The molecule has 1 aliphatic rings. The average molecular weight is 342 g/mol. The van der Waals surface area contributed by atoms with E-state index in [2.05, 4.69) is 20.5 Å². The summed E-state index contributed by atoms with van der Waals surface area (Å²) >= 11 is 0. The highest BCUT2D eigenvalue weighted by Gasteiger charge is 2.21. The van der Waals surface area contributed by atoms with Crippen LogP contribution in [0.4, 0.5) is 0 Å². The maximum Gasteiger partial charge on any atom is 0.273 e. The summed E-state index contributed by atoms with van der Waals surface area (Å²) in [7, 11) is 0. The monoisotopic (exact) mass is 342 g/mol. The van der Waals surface area contributed by atoms with Gasteiger partial charge in [0.05, 0.1) is 6.61 Å². The van der Waals surface area contributed by atoms with Crippen LogP contribution in [0.2, 0.25) is 0 Å². The van der Waals surface area contributed by atoms with Crippen LogP contribution >= 0.6 is 0 Å². The van der Waals surface area contributed by atoms with E-state index in [1.54, 1.807) is 0 Å². The molecule has 1 aliphatic carbocycles. The van der Waals surface area contributed by atoms with Crippen molar-refractivity contribution in [2.24, 2.45) is 5.92 Å². The predicted molar refractivity (Wildman–Crippen MR) is 93.3 cm³/mol. The first-order chi connectivity index (χ1) is 12.2. The van der Waals surface area contributed by atoms with Crippen LogP contribution in [0.5, 0.6) is 5.75 Å². The highest BCUT2D eigenvalue weighted by molar-refractivity contribution is 5.76. The lowest BCUT2D eigenvalue weighted by Crippen LogP contribution is -2.27. The molecule has 132 valence electrons. The van der Waals surface area contributed by atoms with Crippen LogP contribution in [0.25, 0.3) is 11.4 Å². The Labute approximate surface area is 145 Å². The van der Waals surface area contributed by atoms with Gasteiger partial charge in [0, 0.05) is 24.9 Å². The summed E-state index contributed by atoms with van der Waals surface area (Å²) in [6.07, 6.45) is 2.91. The van der Waals surface area contributed by atoms with Crippen molar-refractivity contribution in [1.29, 1.82) is 0 Å². The number of nitrogens with one attached hydrogen (secondary N) is 2. The molecule has 0 spiro atoms. The molecule has 7 heteroatoms. The van der Waals surface area contributed by atoms with Gasteiger partial charge in [-0.3, -0.25) is 9.59 Å². The zero-order chi connectivity index (χ0) is 17.6. The summed E-state index contributed by atoms with van der Waals surface area (Å²) in [6, 6.07) is 7.26. The van der Waals surface area contributed by atoms with Crippen LogP contribution in [0.3, 0.4) is 0 Å². The number of aromatic nitrogens is 3. The molecule has 0 atom stereocenters. The first-order valence-corrected chi connectivity index (χ1v) is 8.61. The third-order valence-electron chi connectivity index (χ3n) is 4.08. The Morgan fingerprint density at radius 1 is 1.28 bits per heavy atom. The van der Waals surface area contributed by atoms with Gasteiger partial charge < -0.3 is 15.0 Å². The molecule has 25 heavy (non-hydrogen) atoms. The zero-order valence-electron chi connectivity index (χ0n) is 14.2. The van der Waals surface area contributed by atoms with Crippen molar-refractivity contribution in [3.63, 3.8) is 0 Å². The molecule has 1 aromatic heterocycles. The number of ether oxygens (including phenoxy) is 1. The Bertz CT molecular complexity index is 782. The van der Waals surface area contributed by atoms with Crippen LogP contribution in [0.15, 0.2) is 29.1 Å². The fourth-order valence-corrected chi connectivity index (χ4v) is 2.43. The summed E-state index contributed by atoms with van der Waals surface area (Å²) in [5, 5.41) is 10.9. The van der Waals surface area contributed by atoms with Gasteiger partial charge in [-0.1, -0.05) is 0 Å². The summed E-state index contributed by atoms with van der Waals surface area (Å²) < 4.78 is 5.39. The van der Waals surface area contributed by atoms with Crippen molar-refractivity contribution < 1.29 is 9.53 Å². The number of rotatable bonds is 8. The molecular formula is C18H22N4O3. The molecule has 1 heterocycles. The Hall–Kier alpha value is -2.70. The van der Waals surface area contributed by atoms with E-state index in [1.165, 1.54) is 12.8 Å². The second-order valence-electron chi connectivity index (χ2n) is 6.15. The molecule has 1 saturated carbocycles. The zero-order valence-corrected chi connectivity index (χ0v) is 14.2. The number of hydrogen-bond acceptors (Lipinski definition) is 5. The number of benzene rings is 1. The minimum atomic E-state index is -0.311. The van der Waals surface area contributed by atoms with Gasteiger partial charge >= 0.3 is 0 Å². The molecule has 2 N–H and O–H groups in total. The van der Waals surface area contributed by atoms with Crippen LogP contribution < -0.4 is 15.6 Å². The van der Waals surface area contributed by atoms with Crippen LogP contribution in [0, 0.1) is 5.92 Å². The maximum absolute atomic E-state index is 12.2. The maximum atomic E-state index is 12.2. The van der Waals surface area contributed by atoms with E-state index in [1.807, 2.05) is 31.2 Å². The molecule has 0 radical (unpaired) electrons. The molecule has 3 rings (SSSR count). The largest absolute Gasteiger partial charge is 0.494 e. The highest BCUT2D eigenvalue weighted by atomic mass is 16.5.